The van der Waals surface area contributed by atoms with Crippen LogP contribution in [0.4, 0.5) is 0 Å². The van der Waals surface area contributed by atoms with Crippen molar-refractivity contribution >= 4 is 27.5 Å². The predicted molar refractivity (Wildman–Crippen MR) is 78.8 cm³/mol. The Bertz CT molecular complexity index is 648. The summed E-state index contributed by atoms with van der Waals surface area (Å²) in [5.74, 6) is -0.274. The Morgan fingerprint density at radius 1 is 1.43 bits per heavy atom. The van der Waals surface area contributed by atoms with Crippen molar-refractivity contribution in [2.45, 2.75) is 23.8 Å². The Hall–Kier alpha value is -1.15. The van der Waals surface area contributed by atoms with Crippen molar-refractivity contribution in [2.75, 3.05) is 20.2 Å². The van der Waals surface area contributed by atoms with Gasteiger partial charge in [-0.3, -0.25) is 4.79 Å². The van der Waals surface area contributed by atoms with Crippen LogP contribution >= 0.6 is 11.6 Å². The number of piperidine rings is 1. The molecule has 0 spiro atoms. The number of hydrogen-bond donors (Lipinski definition) is 1. The zero-order valence-corrected chi connectivity index (χ0v) is 13.2. The van der Waals surface area contributed by atoms with Gasteiger partial charge in [-0.25, -0.2) is 13.6 Å². The number of nitrogens with zero attached hydrogens (tertiary/aromatic N) is 1. The van der Waals surface area contributed by atoms with Gasteiger partial charge in [0.05, 0.1) is 11.0 Å². The molecule has 116 valence electrons. The molecule has 1 heterocycles. The molecule has 6 nitrogen and oxygen atoms in total. The van der Waals surface area contributed by atoms with E-state index in [2.05, 4.69) is 0 Å². The van der Waals surface area contributed by atoms with Crippen molar-refractivity contribution in [1.29, 1.82) is 0 Å². The van der Waals surface area contributed by atoms with E-state index in [1.54, 1.807) is 12.0 Å². The van der Waals surface area contributed by atoms with Crippen molar-refractivity contribution in [3.05, 3.63) is 28.8 Å². The van der Waals surface area contributed by atoms with Crippen molar-refractivity contribution in [3.63, 3.8) is 0 Å². The van der Waals surface area contributed by atoms with Gasteiger partial charge in [-0.2, -0.15) is 0 Å². The highest BCUT2D eigenvalue weighted by Gasteiger charge is 2.25. The first kappa shape index (κ1) is 16.2. The van der Waals surface area contributed by atoms with E-state index in [0.717, 1.165) is 12.8 Å². The number of primary sulfonamides is 1. The van der Waals surface area contributed by atoms with Crippen molar-refractivity contribution in [2.24, 2.45) is 5.14 Å². The lowest BCUT2D eigenvalue weighted by molar-refractivity contribution is 0.0269. The Kier molecular flexibility index (Phi) is 4.88. The summed E-state index contributed by atoms with van der Waals surface area (Å²) >= 11 is 5.88. The molecule has 1 fully saturated rings. The number of likely N-dealkylation sites (tertiary alicyclic amines) is 1. The molecule has 1 unspecified atom stereocenters. The van der Waals surface area contributed by atoms with Crippen LogP contribution < -0.4 is 5.14 Å². The largest absolute Gasteiger partial charge is 0.380 e. The molecule has 0 aromatic heterocycles. The fourth-order valence-electron chi connectivity index (χ4n) is 2.35. The summed E-state index contributed by atoms with van der Waals surface area (Å²) in [5, 5.41) is 5.24. The number of sulfonamides is 1. The van der Waals surface area contributed by atoms with E-state index >= 15 is 0 Å². The molecular formula is C13H17ClN2O4S. The third-order valence-corrected chi connectivity index (χ3v) is 4.56. The van der Waals surface area contributed by atoms with Gasteiger partial charge in [-0.05, 0) is 31.0 Å². The first-order chi connectivity index (χ1) is 9.81. The molecule has 0 bridgehead atoms. The zero-order valence-electron chi connectivity index (χ0n) is 11.6. The Balaban J connectivity index is 2.29. The minimum Gasteiger partial charge on any atom is -0.380 e. The van der Waals surface area contributed by atoms with Crippen LogP contribution in [0.15, 0.2) is 23.1 Å². The molecule has 1 amide bonds. The molecule has 8 heteroatoms. The second-order valence-electron chi connectivity index (χ2n) is 4.97. The maximum Gasteiger partial charge on any atom is 0.254 e. The summed E-state index contributed by atoms with van der Waals surface area (Å²) in [7, 11) is -2.30. The molecule has 1 aromatic rings. The molecule has 1 saturated heterocycles. The fourth-order valence-corrected chi connectivity index (χ4v) is 3.23. The molecule has 0 saturated carbocycles. The average molecular weight is 333 g/mol. The molecule has 1 aromatic carbocycles. The van der Waals surface area contributed by atoms with Crippen LogP contribution in [0, 0.1) is 0 Å². The van der Waals surface area contributed by atoms with E-state index in [0.29, 0.717) is 13.1 Å². The minimum atomic E-state index is -3.91. The molecule has 0 aliphatic carbocycles. The van der Waals surface area contributed by atoms with Crippen LogP contribution in [0.25, 0.3) is 0 Å². The van der Waals surface area contributed by atoms with Gasteiger partial charge in [0.2, 0.25) is 10.0 Å². The molecule has 1 atom stereocenters. The number of methoxy groups -OCH3 is 1. The van der Waals surface area contributed by atoms with Crippen LogP contribution in [0.1, 0.15) is 23.2 Å². The van der Waals surface area contributed by atoms with E-state index in [-0.39, 0.29) is 27.5 Å². The highest BCUT2D eigenvalue weighted by molar-refractivity contribution is 7.89. The zero-order chi connectivity index (χ0) is 15.6. The lowest BCUT2D eigenvalue weighted by atomic mass is 10.1. The topological polar surface area (TPSA) is 89.7 Å². The Morgan fingerprint density at radius 3 is 2.76 bits per heavy atom. The molecule has 2 rings (SSSR count). The molecular weight excluding hydrogens is 316 g/mol. The maximum absolute atomic E-state index is 12.5. The first-order valence-corrected chi connectivity index (χ1v) is 8.39. The van der Waals surface area contributed by atoms with E-state index in [4.69, 9.17) is 21.5 Å². The highest BCUT2D eigenvalue weighted by Crippen LogP contribution is 2.21. The van der Waals surface area contributed by atoms with E-state index in [1.165, 1.54) is 18.2 Å². The van der Waals surface area contributed by atoms with Crippen molar-refractivity contribution in [3.8, 4) is 0 Å². The number of halogens is 1. The van der Waals surface area contributed by atoms with Gasteiger partial charge < -0.3 is 9.64 Å². The van der Waals surface area contributed by atoms with Crippen LogP contribution in [-0.4, -0.2) is 45.5 Å². The summed E-state index contributed by atoms with van der Waals surface area (Å²) in [6.07, 6.45) is 1.74. The van der Waals surface area contributed by atoms with E-state index < -0.39 is 10.0 Å². The summed E-state index contributed by atoms with van der Waals surface area (Å²) in [5.41, 5.74) is 0.211. The number of carbonyl (C=O) groups is 1. The third-order valence-electron chi connectivity index (χ3n) is 3.45. The quantitative estimate of drug-likeness (QED) is 0.901. The Morgan fingerprint density at radius 2 is 2.14 bits per heavy atom. The van der Waals surface area contributed by atoms with Gasteiger partial charge in [0, 0.05) is 30.8 Å². The number of benzene rings is 1. The second kappa shape index (κ2) is 6.31. The van der Waals surface area contributed by atoms with Crippen molar-refractivity contribution < 1.29 is 17.9 Å². The van der Waals surface area contributed by atoms with Crippen LogP contribution in [0.2, 0.25) is 5.02 Å². The van der Waals surface area contributed by atoms with Gasteiger partial charge in [0.1, 0.15) is 0 Å². The molecule has 1 aliphatic rings. The fraction of sp³-hybridized carbons (Fsp3) is 0.462. The normalized spacial score (nSPS) is 19.6. The lowest BCUT2D eigenvalue weighted by Gasteiger charge is -2.32. The van der Waals surface area contributed by atoms with Crippen LogP contribution in [-0.2, 0) is 14.8 Å². The second-order valence-corrected chi connectivity index (χ2v) is 6.97. The number of nitrogens with two attached hydrogens (primary N) is 1. The van der Waals surface area contributed by atoms with Gasteiger partial charge in [0.25, 0.3) is 5.91 Å². The third kappa shape index (κ3) is 3.94. The molecule has 0 radical (unpaired) electrons. The van der Waals surface area contributed by atoms with E-state index in [1.807, 2.05) is 0 Å². The summed E-state index contributed by atoms with van der Waals surface area (Å²) in [6.45, 7) is 1.09. The molecule has 1 aliphatic heterocycles. The SMILES string of the molecule is COC1CCCN(C(=O)c2cc(Cl)cc(S(N)(=O)=O)c2)C1. The molecule has 2 N–H and O–H groups in total. The Labute approximate surface area is 128 Å². The number of hydrogen-bond acceptors (Lipinski definition) is 4. The van der Waals surface area contributed by atoms with Crippen LogP contribution in [0.5, 0.6) is 0 Å². The first-order valence-electron chi connectivity index (χ1n) is 6.46. The number of amides is 1. The predicted octanol–water partition coefficient (Wildman–Crippen LogP) is 1.24. The van der Waals surface area contributed by atoms with Crippen LogP contribution in [0.3, 0.4) is 0 Å². The van der Waals surface area contributed by atoms with Gasteiger partial charge in [-0.15, -0.1) is 0 Å². The van der Waals surface area contributed by atoms with Crippen molar-refractivity contribution in [1.82, 2.24) is 4.90 Å². The average Bonchev–Trinajstić information content (AvgIpc) is 2.45. The van der Waals surface area contributed by atoms with Gasteiger partial charge in [-0.1, -0.05) is 11.6 Å². The highest BCUT2D eigenvalue weighted by atomic mass is 35.5. The van der Waals surface area contributed by atoms with Gasteiger partial charge in [0.15, 0.2) is 0 Å². The van der Waals surface area contributed by atoms with E-state index in [9.17, 15) is 13.2 Å². The van der Waals surface area contributed by atoms with Gasteiger partial charge >= 0.3 is 0 Å². The smallest absolute Gasteiger partial charge is 0.254 e. The number of carbonyl (C=O) groups excluding carboxylic acids is 1. The monoisotopic (exact) mass is 332 g/mol. The standard InChI is InChI=1S/C13H17ClN2O4S/c1-20-11-3-2-4-16(8-11)13(17)9-5-10(14)7-12(6-9)21(15,18)19/h5-7,11H,2-4,8H2,1H3,(H2,15,18,19). The lowest BCUT2D eigenvalue weighted by Crippen LogP contribution is -2.42. The summed E-state index contributed by atoms with van der Waals surface area (Å²) < 4.78 is 28.1. The number of rotatable bonds is 3. The summed E-state index contributed by atoms with van der Waals surface area (Å²) in [4.78, 5) is 13.9. The number of ether oxygens (including phenoxy) is 1. The maximum atomic E-state index is 12.5. The summed E-state index contributed by atoms with van der Waals surface area (Å²) in [6, 6.07) is 3.91. The molecule has 21 heavy (non-hydrogen) atoms. The minimum absolute atomic E-state index is 0.000374.